The summed E-state index contributed by atoms with van der Waals surface area (Å²) >= 11 is 0. The van der Waals surface area contributed by atoms with Crippen molar-refractivity contribution in [3.63, 3.8) is 0 Å². The minimum absolute atomic E-state index is 0.213. The summed E-state index contributed by atoms with van der Waals surface area (Å²) in [6.45, 7) is 1.77. The zero-order valence-electron chi connectivity index (χ0n) is 13.5. The molecule has 25 heavy (non-hydrogen) atoms. The Morgan fingerprint density at radius 1 is 0.960 bits per heavy atom. The highest BCUT2D eigenvalue weighted by Gasteiger charge is 2.30. The van der Waals surface area contributed by atoms with Crippen molar-refractivity contribution in [3.05, 3.63) is 83.2 Å². The Hall–Kier alpha value is -3.47. The molecule has 0 saturated carbocycles. The Morgan fingerprint density at radius 2 is 1.64 bits per heavy atom. The molecule has 2 heterocycles. The van der Waals surface area contributed by atoms with Crippen LogP contribution in [0.15, 0.2) is 75.9 Å². The van der Waals surface area contributed by atoms with Crippen molar-refractivity contribution in [1.82, 2.24) is 5.16 Å². The average Bonchev–Trinajstić information content (AvgIpc) is 3.19. The van der Waals surface area contributed by atoms with E-state index in [1.165, 1.54) is 0 Å². The minimum Gasteiger partial charge on any atom is -0.402 e. The number of cyclic esters (lactones) is 1. The van der Waals surface area contributed by atoms with Gasteiger partial charge in [0, 0.05) is 5.56 Å². The maximum absolute atomic E-state index is 12.2. The van der Waals surface area contributed by atoms with Crippen molar-refractivity contribution in [2.45, 2.75) is 6.92 Å². The van der Waals surface area contributed by atoms with E-state index in [1.54, 1.807) is 13.0 Å². The zero-order valence-corrected chi connectivity index (χ0v) is 13.5. The standard InChI is InChI=1S/C20H14N2O3/c1-13-17(18(22-25-13)15-10-6-3-7-11-15)19-21-16(20(23)24-19)12-14-8-4-2-5-9-14/h2-12H,1H3. The van der Waals surface area contributed by atoms with Gasteiger partial charge in [-0.05, 0) is 18.6 Å². The van der Waals surface area contributed by atoms with Crippen LogP contribution in [0.5, 0.6) is 0 Å². The van der Waals surface area contributed by atoms with Crippen LogP contribution in [0.2, 0.25) is 0 Å². The predicted molar refractivity (Wildman–Crippen MR) is 93.7 cm³/mol. The number of ether oxygens (including phenoxy) is 1. The molecule has 5 heteroatoms. The third-order valence-electron chi connectivity index (χ3n) is 3.85. The van der Waals surface area contributed by atoms with Gasteiger partial charge in [0.1, 0.15) is 17.0 Å². The smallest absolute Gasteiger partial charge is 0.363 e. The van der Waals surface area contributed by atoms with Crippen molar-refractivity contribution in [1.29, 1.82) is 0 Å². The van der Waals surface area contributed by atoms with Gasteiger partial charge in [0.05, 0.1) is 0 Å². The fraction of sp³-hybridized carbons (Fsp3) is 0.0500. The molecule has 1 aromatic heterocycles. The van der Waals surface area contributed by atoms with E-state index in [1.807, 2.05) is 60.7 Å². The van der Waals surface area contributed by atoms with E-state index in [9.17, 15) is 4.79 Å². The third kappa shape index (κ3) is 2.87. The number of aryl methyl sites for hydroxylation is 1. The number of nitrogens with zero attached hydrogens (tertiary/aromatic N) is 2. The summed E-state index contributed by atoms with van der Waals surface area (Å²) in [5.74, 6) is 0.273. The molecule has 0 radical (unpaired) electrons. The first-order chi connectivity index (χ1) is 12.2. The van der Waals surface area contributed by atoms with Crippen LogP contribution in [0.25, 0.3) is 17.3 Å². The van der Waals surface area contributed by atoms with Crippen LogP contribution in [0.4, 0.5) is 0 Å². The van der Waals surface area contributed by atoms with E-state index in [0.29, 0.717) is 17.0 Å². The highest BCUT2D eigenvalue weighted by atomic mass is 16.6. The maximum Gasteiger partial charge on any atom is 0.363 e. The van der Waals surface area contributed by atoms with Crippen molar-refractivity contribution in [2.24, 2.45) is 4.99 Å². The highest BCUT2D eigenvalue weighted by molar-refractivity contribution is 6.15. The van der Waals surface area contributed by atoms with E-state index in [2.05, 4.69) is 10.1 Å². The molecule has 0 bridgehead atoms. The monoisotopic (exact) mass is 330 g/mol. The number of aliphatic imine (C=N–C) groups is 1. The molecule has 0 aliphatic carbocycles. The van der Waals surface area contributed by atoms with E-state index in [4.69, 9.17) is 9.26 Å². The minimum atomic E-state index is -0.488. The molecule has 1 aliphatic rings. The highest BCUT2D eigenvalue weighted by Crippen LogP contribution is 2.29. The number of carbonyl (C=O) groups is 1. The molecule has 122 valence electrons. The number of rotatable bonds is 3. The summed E-state index contributed by atoms with van der Waals surface area (Å²) in [5.41, 5.74) is 3.20. The van der Waals surface area contributed by atoms with Crippen LogP contribution in [0.3, 0.4) is 0 Å². The van der Waals surface area contributed by atoms with Gasteiger partial charge in [0.25, 0.3) is 0 Å². The summed E-state index contributed by atoms with van der Waals surface area (Å²) < 4.78 is 10.7. The third-order valence-corrected chi connectivity index (χ3v) is 3.85. The average molecular weight is 330 g/mol. The van der Waals surface area contributed by atoms with Gasteiger partial charge in [-0.25, -0.2) is 9.79 Å². The molecule has 3 aromatic rings. The van der Waals surface area contributed by atoms with E-state index in [-0.39, 0.29) is 11.6 Å². The van der Waals surface area contributed by atoms with Gasteiger partial charge in [0.2, 0.25) is 5.90 Å². The Labute approximate surface area is 144 Å². The number of aromatic nitrogens is 1. The fourth-order valence-electron chi connectivity index (χ4n) is 2.64. The second kappa shape index (κ2) is 6.20. The SMILES string of the molecule is Cc1onc(-c2ccccc2)c1C1=NC(=Cc2ccccc2)C(=O)O1. The molecule has 0 saturated heterocycles. The van der Waals surface area contributed by atoms with Gasteiger partial charge >= 0.3 is 5.97 Å². The van der Waals surface area contributed by atoms with E-state index in [0.717, 1.165) is 11.1 Å². The quantitative estimate of drug-likeness (QED) is 0.538. The van der Waals surface area contributed by atoms with Crippen molar-refractivity contribution < 1.29 is 14.1 Å². The van der Waals surface area contributed by atoms with Crippen LogP contribution in [0.1, 0.15) is 16.9 Å². The summed E-state index contributed by atoms with van der Waals surface area (Å²) in [6.07, 6.45) is 1.69. The summed E-state index contributed by atoms with van der Waals surface area (Å²) in [7, 11) is 0. The molecular formula is C20H14N2O3. The van der Waals surface area contributed by atoms with Crippen molar-refractivity contribution >= 4 is 17.9 Å². The summed E-state index contributed by atoms with van der Waals surface area (Å²) in [6, 6.07) is 19.1. The molecule has 0 N–H and O–H groups in total. The van der Waals surface area contributed by atoms with Crippen LogP contribution in [-0.4, -0.2) is 17.0 Å². The molecule has 5 nitrogen and oxygen atoms in total. The molecule has 4 rings (SSSR count). The molecular weight excluding hydrogens is 316 g/mol. The normalized spacial score (nSPS) is 15.3. The molecule has 2 aromatic carbocycles. The van der Waals surface area contributed by atoms with Crippen molar-refractivity contribution in [2.75, 3.05) is 0 Å². The van der Waals surface area contributed by atoms with Gasteiger partial charge in [-0.2, -0.15) is 0 Å². The van der Waals surface area contributed by atoms with Gasteiger partial charge in [-0.3, -0.25) is 0 Å². The maximum atomic E-state index is 12.2. The molecule has 0 fully saturated rings. The molecule has 0 amide bonds. The van der Waals surface area contributed by atoms with Crippen LogP contribution >= 0.6 is 0 Å². The lowest BCUT2D eigenvalue weighted by molar-refractivity contribution is -0.129. The number of carbonyl (C=O) groups excluding carboxylic acids is 1. The van der Waals surface area contributed by atoms with Crippen LogP contribution in [-0.2, 0) is 9.53 Å². The number of benzene rings is 2. The van der Waals surface area contributed by atoms with Gasteiger partial charge in [-0.1, -0.05) is 65.8 Å². The van der Waals surface area contributed by atoms with Crippen LogP contribution in [0, 0.1) is 6.92 Å². The molecule has 0 spiro atoms. The van der Waals surface area contributed by atoms with Gasteiger partial charge in [0.15, 0.2) is 5.70 Å². The van der Waals surface area contributed by atoms with Crippen LogP contribution < -0.4 is 0 Å². The van der Waals surface area contributed by atoms with Gasteiger partial charge in [-0.15, -0.1) is 0 Å². The molecule has 1 aliphatic heterocycles. The number of hydrogen-bond donors (Lipinski definition) is 0. The lowest BCUT2D eigenvalue weighted by Gasteiger charge is -2.01. The Balaban J connectivity index is 1.77. The Kier molecular flexibility index (Phi) is 3.74. The predicted octanol–water partition coefficient (Wildman–Crippen LogP) is 3.99. The topological polar surface area (TPSA) is 64.7 Å². The van der Waals surface area contributed by atoms with E-state index >= 15 is 0 Å². The lowest BCUT2D eigenvalue weighted by atomic mass is 10.1. The first-order valence-corrected chi connectivity index (χ1v) is 7.82. The molecule has 0 atom stereocenters. The zero-order chi connectivity index (χ0) is 17.2. The Bertz CT molecular complexity index is 986. The largest absolute Gasteiger partial charge is 0.402 e. The number of esters is 1. The molecule has 0 unspecified atom stereocenters. The summed E-state index contributed by atoms with van der Waals surface area (Å²) in [5, 5.41) is 4.10. The van der Waals surface area contributed by atoms with E-state index < -0.39 is 5.97 Å². The summed E-state index contributed by atoms with van der Waals surface area (Å²) in [4.78, 5) is 16.5. The first-order valence-electron chi connectivity index (χ1n) is 7.82. The fourth-order valence-corrected chi connectivity index (χ4v) is 2.64. The second-order valence-corrected chi connectivity index (χ2v) is 5.58. The second-order valence-electron chi connectivity index (χ2n) is 5.58. The lowest BCUT2D eigenvalue weighted by Crippen LogP contribution is -2.07. The van der Waals surface area contributed by atoms with Gasteiger partial charge < -0.3 is 9.26 Å². The Morgan fingerprint density at radius 3 is 2.36 bits per heavy atom. The van der Waals surface area contributed by atoms with Crippen molar-refractivity contribution in [3.8, 4) is 11.3 Å². The first kappa shape index (κ1) is 15.1. The number of hydrogen-bond acceptors (Lipinski definition) is 5.